The van der Waals surface area contributed by atoms with Crippen LogP contribution >= 0.6 is 0 Å². The number of rotatable bonds is 1. The van der Waals surface area contributed by atoms with Crippen molar-refractivity contribution < 1.29 is 44.1 Å². The van der Waals surface area contributed by atoms with Crippen LogP contribution < -0.4 is 4.57 Å². The summed E-state index contributed by atoms with van der Waals surface area (Å²) in [4.78, 5) is 4.25. The van der Waals surface area contributed by atoms with E-state index in [1.807, 2.05) is 30.6 Å². The molecule has 3 unspecified atom stereocenters. The average molecular weight is 699 g/mol. The predicted molar refractivity (Wildman–Crippen MR) is 168 cm³/mol. The Labute approximate surface area is 281 Å². The van der Waals surface area contributed by atoms with E-state index in [2.05, 4.69) is 16.4 Å². The highest BCUT2D eigenvalue weighted by Gasteiger charge is 2.54. The van der Waals surface area contributed by atoms with Gasteiger partial charge in [-0.3, -0.25) is 0 Å². The third-order valence-corrected chi connectivity index (χ3v) is 10.6. The van der Waals surface area contributed by atoms with Gasteiger partial charge in [0.05, 0.1) is 22.3 Å². The number of hydrogen-bond acceptors (Lipinski definition) is 2. The molecule has 5 heterocycles. The van der Waals surface area contributed by atoms with Gasteiger partial charge in [-0.25, -0.2) is 0 Å². The van der Waals surface area contributed by atoms with Gasteiger partial charge in [-0.1, -0.05) is 48.5 Å². The Morgan fingerprint density at radius 2 is 1.50 bits per heavy atom. The summed E-state index contributed by atoms with van der Waals surface area (Å²) in [7, 11) is 0. The van der Waals surface area contributed by atoms with Crippen molar-refractivity contribution in [1.29, 1.82) is 0 Å². The van der Waals surface area contributed by atoms with Crippen LogP contribution in [-0.4, -0.2) is 22.4 Å². The first-order chi connectivity index (χ1) is 23.6. The van der Waals surface area contributed by atoms with E-state index in [-0.39, 0.29) is 24.3 Å². The number of alkyl halides is 9. The van der Waals surface area contributed by atoms with E-state index in [0.717, 1.165) is 29.7 Å². The van der Waals surface area contributed by atoms with Crippen molar-refractivity contribution in [2.24, 2.45) is 0 Å². The largest absolute Gasteiger partial charge is 0.417 e. The number of benzene rings is 3. The standard InChI is InChI=1S/C38H29F9N3/c1-20-19-50-21(2)34-26(24-10-6-9-23-13-14-48-15-16-49(34)35(48)31(23)24)12-11-25-28(30(50)18-27(20)22-7-4-3-5-8-22)17-29(36(39,40)41)33(38(45,46)47)32(25)37(42,43)44/h3-10,15-19,26,34-35H,2,11-14H2,1H3/q+1. The number of hydrogen-bond donors (Lipinski definition) is 0. The zero-order chi connectivity index (χ0) is 35.5. The molecule has 258 valence electrons. The van der Waals surface area contributed by atoms with Crippen LogP contribution in [0, 0.1) is 6.92 Å². The second kappa shape index (κ2) is 10.9. The molecule has 0 saturated carbocycles. The Kier molecular flexibility index (Phi) is 7.06. The molecule has 4 aromatic rings. The van der Waals surface area contributed by atoms with Crippen LogP contribution in [-0.2, 0) is 31.4 Å². The summed E-state index contributed by atoms with van der Waals surface area (Å²) < 4.78 is 134. The number of pyridine rings is 1. The summed E-state index contributed by atoms with van der Waals surface area (Å²) in [6.07, 6.45) is -12.1. The van der Waals surface area contributed by atoms with Crippen LogP contribution in [0.4, 0.5) is 39.5 Å². The third-order valence-electron chi connectivity index (χ3n) is 10.6. The fourth-order valence-corrected chi connectivity index (χ4v) is 8.60. The fraction of sp³-hybridized carbons (Fsp3) is 0.289. The summed E-state index contributed by atoms with van der Waals surface area (Å²) in [6.45, 7) is 6.93. The second-order valence-corrected chi connectivity index (χ2v) is 13.3. The lowest BCUT2D eigenvalue weighted by molar-refractivity contribution is -0.574. The number of aromatic nitrogens is 1. The van der Waals surface area contributed by atoms with E-state index in [1.54, 1.807) is 43.5 Å². The Bertz CT molecular complexity index is 2090. The van der Waals surface area contributed by atoms with Crippen molar-refractivity contribution >= 4 is 5.70 Å². The highest BCUT2D eigenvalue weighted by molar-refractivity contribution is 5.76. The van der Waals surface area contributed by atoms with Gasteiger partial charge >= 0.3 is 18.5 Å². The van der Waals surface area contributed by atoms with Crippen molar-refractivity contribution in [1.82, 2.24) is 9.80 Å². The van der Waals surface area contributed by atoms with Crippen molar-refractivity contribution in [3.05, 3.63) is 130 Å². The average Bonchev–Trinajstić information content (AvgIpc) is 3.50. The molecule has 3 aromatic carbocycles. The molecule has 0 spiro atoms. The first kappa shape index (κ1) is 32.5. The highest BCUT2D eigenvalue weighted by atomic mass is 19.4. The normalized spacial score (nSPS) is 21.2. The molecule has 0 radical (unpaired) electrons. The lowest BCUT2D eigenvalue weighted by Crippen LogP contribution is -2.53. The number of fused-ring (bicyclic) bond motifs is 6. The predicted octanol–water partition coefficient (Wildman–Crippen LogP) is 9.90. The van der Waals surface area contributed by atoms with Gasteiger partial charge in [-0.15, -0.1) is 0 Å². The molecule has 0 fully saturated rings. The fourth-order valence-electron chi connectivity index (χ4n) is 8.60. The van der Waals surface area contributed by atoms with Gasteiger partial charge in [0, 0.05) is 42.1 Å². The van der Waals surface area contributed by atoms with E-state index in [9.17, 15) is 26.3 Å². The summed E-state index contributed by atoms with van der Waals surface area (Å²) in [5, 5.41) is 0. The molecule has 3 nitrogen and oxygen atoms in total. The van der Waals surface area contributed by atoms with Crippen molar-refractivity contribution in [2.45, 2.75) is 62.8 Å². The highest BCUT2D eigenvalue weighted by Crippen LogP contribution is 2.55. The molecular weight excluding hydrogens is 669 g/mol. The molecule has 50 heavy (non-hydrogen) atoms. The van der Waals surface area contributed by atoms with Gasteiger partial charge < -0.3 is 9.80 Å². The zero-order valence-corrected chi connectivity index (χ0v) is 26.5. The van der Waals surface area contributed by atoms with E-state index >= 15 is 13.2 Å². The number of nitrogens with zero attached hydrogens (tertiary/aromatic N) is 3. The SMILES string of the molecule is C=C1C2C(CCc3c(cc(C(F)(F)F)c(C(F)(F)F)c3C(F)(F)F)-c3cc(-c4ccccc4)c(C)c[n+]31)c1cccc3c1C1N(C=CN21)CC3. The third kappa shape index (κ3) is 4.85. The van der Waals surface area contributed by atoms with E-state index in [0.29, 0.717) is 22.4 Å². The molecule has 1 aromatic heterocycles. The quantitative estimate of drug-likeness (QED) is 0.145. The molecule has 3 atom stereocenters. The summed E-state index contributed by atoms with van der Waals surface area (Å²) in [6, 6.07) is 15.7. The second-order valence-electron chi connectivity index (χ2n) is 13.3. The Morgan fingerprint density at radius 3 is 2.18 bits per heavy atom. The number of halogens is 9. The smallest absolute Gasteiger partial charge is 0.352 e. The van der Waals surface area contributed by atoms with Gasteiger partial charge in [-0.05, 0) is 66.6 Å². The molecule has 12 heteroatoms. The zero-order valence-electron chi connectivity index (χ0n) is 26.5. The molecule has 0 bridgehead atoms. The first-order valence-corrected chi connectivity index (χ1v) is 16.1. The minimum Gasteiger partial charge on any atom is -0.352 e. The molecule has 0 amide bonds. The topological polar surface area (TPSA) is 10.4 Å². The number of aryl methyl sites for hydroxylation is 1. The lowest BCUT2D eigenvalue weighted by Gasteiger charge is -2.48. The van der Waals surface area contributed by atoms with Crippen LogP contribution in [0.1, 0.15) is 63.0 Å². The van der Waals surface area contributed by atoms with Crippen LogP contribution in [0.15, 0.2) is 85.8 Å². The van der Waals surface area contributed by atoms with Crippen molar-refractivity contribution in [2.75, 3.05) is 6.54 Å². The summed E-state index contributed by atoms with van der Waals surface area (Å²) >= 11 is 0. The van der Waals surface area contributed by atoms with Gasteiger partial charge in [0.25, 0.3) is 0 Å². The monoisotopic (exact) mass is 698 g/mol. The van der Waals surface area contributed by atoms with E-state index in [4.69, 9.17) is 0 Å². The van der Waals surface area contributed by atoms with Gasteiger partial charge in [0.2, 0.25) is 11.4 Å². The van der Waals surface area contributed by atoms with Crippen LogP contribution in [0.2, 0.25) is 0 Å². The maximum Gasteiger partial charge on any atom is 0.417 e. The van der Waals surface area contributed by atoms with E-state index in [1.165, 1.54) is 10.6 Å². The summed E-state index contributed by atoms with van der Waals surface area (Å²) in [5.41, 5.74) is -3.81. The summed E-state index contributed by atoms with van der Waals surface area (Å²) in [5.74, 6) is -0.547. The van der Waals surface area contributed by atoms with Crippen molar-refractivity contribution in [3.63, 3.8) is 0 Å². The molecular formula is C38H29F9N3+. The minimum atomic E-state index is -5.95. The first-order valence-electron chi connectivity index (χ1n) is 16.1. The Hall–Kier alpha value is -4.74. The van der Waals surface area contributed by atoms with Gasteiger partial charge in [0.15, 0.2) is 6.20 Å². The minimum absolute atomic E-state index is 0.0744. The maximum absolute atomic E-state index is 15.1. The molecule has 0 saturated heterocycles. The van der Waals surface area contributed by atoms with Crippen LogP contribution in [0.3, 0.4) is 0 Å². The molecule has 4 aliphatic heterocycles. The van der Waals surface area contributed by atoms with E-state index < -0.39 is 64.7 Å². The molecule has 4 aliphatic rings. The van der Waals surface area contributed by atoms with Crippen LogP contribution in [0.25, 0.3) is 28.1 Å². The molecule has 8 rings (SSSR count). The lowest BCUT2D eigenvalue weighted by atomic mass is 9.75. The molecule has 0 N–H and O–H groups in total. The Morgan fingerprint density at radius 1 is 0.780 bits per heavy atom. The maximum atomic E-state index is 15.1. The van der Waals surface area contributed by atoms with Crippen molar-refractivity contribution in [3.8, 4) is 22.4 Å². The Balaban J connectivity index is 1.49. The van der Waals surface area contributed by atoms with Crippen LogP contribution in [0.5, 0.6) is 0 Å². The molecule has 0 aliphatic carbocycles. The van der Waals surface area contributed by atoms with Gasteiger partial charge in [0.1, 0.15) is 12.2 Å². The van der Waals surface area contributed by atoms with Gasteiger partial charge in [-0.2, -0.15) is 44.1 Å².